The van der Waals surface area contributed by atoms with Gasteiger partial charge in [0.2, 0.25) is 0 Å². The number of carbonyl (C=O) groups excluding carboxylic acids is 1. The Morgan fingerprint density at radius 1 is 1.18 bits per heavy atom. The lowest BCUT2D eigenvalue weighted by atomic mass is 9.70. The maximum Gasteiger partial charge on any atom is 0.254 e. The second kappa shape index (κ2) is 11.8. The molecule has 0 N–H and O–H groups in total. The van der Waals surface area contributed by atoms with E-state index in [1.54, 1.807) is 6.07 Å². The maximum atomic E-state index is 13.0. The lowest BCUT2D eigenvalue weighted by molar-refractivity contribution is 0.100. The molecule has 7 heteroatoms. The zero-order chi connectivity index (χ0) is 26.7. The molecular formula is C31H38ClN2O3S-. The fraction of sp³-hybridized carbons (Fsp3) is 0.516. The second-order valence-electron chi connectivity index (χ2n) is 11.3. The summed E-state index contributed by atoms with van der Waals surface area (Å²) in [6.07, 6.45) is 11.7. The van der Waals surface area contributed by atoms with Gasteiger partial charge in [-0.05, 0) is 85.9 Å². The van der Waals surface area contributed by atoms with Gasteiger partial charge in [-0.15, -0.1) is 0 Å². The molecule has 2 bridgehead atoms. The molecule has 1 aliphatic carbocycles. The summed E-state index contributed by atoms with van der Waals surface area (Å²) in [5, 5.41) is 0.779. The Morgan fingerprint density at radius 3 is 2.87 bits per heavy atom. The van der Waals surface area contributed by atoms with E-state index in [0.717, 1.165) is 74.5 Å². The standard InChI is InChI=1S/C31H38ClN2O3S/c1-3-23-8-5-4-7-22(2)19-38(36)33-30(35)25-10-13-29-28(18-25)34(16-14-23)20-31(21-37-29)15-6-9-24-17-26(32)11-12-27(24)31/h4-5,10-13,17-18,22-23H,3,6-9,14-16,19-21H2,1-2H3/q-1/b5-4+/t22-,23-,31-/m0/s1. The van der Waals surface area contributed by atoms with Gasteiger partial charge >= 0.3 is 0 Å². The summed E-state index contributed by atoms with van der Waals surface area (Å²) >= 11 is 6.38. The van der Waals surface area contributed by atoms with E-state index in [0.29, 0.717) is 23.8 Å². The highest BCUT2D eigenvalue weighted by Gasteiger charge is 2.41. The number of carbonyl (C=O) groups is 1. The molecule has 204 valence electrons. The molecule has 0 radical (unpaired) electrons. The van der Waals surface area contributed by atoms with E-state index in [2.05, 4.69) is 47.4 Å². The highest BCUT2D eigenvalue weighted by atomic mass is 35.5. The average molecular weight is 554 g/mol. The van der Waals surface area contributed by atoms with Crippen molar-refractivity contribution in [1.82, 2.24) is 0 Å². The van der Waals surface area contributed by atoms with Crippen molar-refractivity contribution in [3.8, 4) is 5.75 Å². The second-order valence-corrected chi connectivity index (χ2v) is 12.9. The number of hydrogen-bond donors (Lipinski definition) is 0. The number of ether oxygens (including phenoxy) is 1. The maximum absolute atomic E-state index is 13.0. The Labute approximate surface area is 233 Å². The predicted octanol–water partition coefficient (Wildman–Crippen LogP) is 7.50. The van der Waals surface area contributed by atoms with E-state index in [-0.39, 0.29) is 11.3 Å². The molecule has 0 saturated carbocycles. The van der Waals surface area contributed by atoms with Gasteiger partial charge < -0.3 is 18.2 Å². The van der Waals surface area contributed by atoms with Crippen molar-refractivity contribution in [3.05, 3.63) is 70.3 Å². The van der Waals surface area contributed by atoms with Crippen molar-refractivity contribution in [1.29, 1.82) is 0 Å². The minimum Gasteiger partial charge on any atom is -0.490 e. The first-order valence-corrected chi connectivity index (χ1v) is 15.6. The van der Waals surface area contributed by atoms with Crippen molar-refractivity contribution in [2.75, 3.05) is 30.3 Å². The molecule has 2 aromatic carbocycles. The molecule has 0 saturated heterocycles. The van der Waals surface area contributed by atoms with Crippen LogP contribution >= 0.6 is 11.6 Å². The van der Waals surface area contributed by atoms with Crippen LogP contribution in [0.2, 0.25) is 5.02 Å². The molecule has 3 aliphatic rings. The van der Waals surface area contributed by atoms with Gasteiger partial charge in [0.1, 0.15) is 5.75 Å². The van der Waals surface area contributed by atoms with Gasteiger partial charge in [-0.1, -0.05) is 61.8 Å². The highest BCUT2D eigenvalue weighted by molar-refractivity contribution is 7.75. The van der Waals surface area contributed by atoms with Crippen LogP contribution < -0.4 is 9.64 Å². The number of fused-ring (bicyclic) bond motifs is 3. The fourth-order valence-electron chi connectivity index (χ4n) is 6.22. The van der Waals surface area contributed by atoms with E-state index in [1.807, 2.05) is 18.2 Å². The van der Waals surface area contributed by atoms with E-state index in [4.69, 9.17) is 16.3 Å². The molecule has 5 nitrogen and oxygen atoms in total. The van der Waals surface area contributed by atoms with Crippen molar-refractivity contribution in [2.45, 2.75) is 64.2 Å². The number of rotatable bonds is 1. The summed E-state index contributed by atoms with van der Waals surface area (Å²) in [6.45, 7) is 6.62. The Kier molecular flexibility index (Phi) is 8.49. The van der Waals surface area contributed by atoms with E-state index >= 15 is 0 Å². The van der Waals surface area contributed by atoms with Crippen LogP contribution in [0.1, 0.15) is 73.9 Å². The third-order valence-electron chi connectivity index (χ3n) is 8.46. The summed E-state index contributed by atoms with van der Waals surface area (Å²) in [5.74, 6) is 1.54. The fourth-order valence-corrected chi connectivity index (χ4v) is 7.40. The molecule has 0 fully saturated rings. The number of allylic oxidation sites excluding steroid dienone is 2. The Balaban J connectivity index is 1.56. The third kappa shape index (κ3) is 5.96. The molecule has 0 unspecified atom stereocenters. The normalized spacial score (nSPS) is 27.7. The van der Waals surface area contributed by atoms with Crippen molar-refractivity contribution in [3.63, 3.8) is 0 Å². The molecule has 5 rings (SSSR count). The first-order chi connectivity index (χ1) is 18.4. The first-order valence-electron chi connectivity index (χ1n) is 14.0. The van der Waals surface area contributed by atoms with Gasteiger partial charge in [0.25, 0.3) is 5.91 Å². The van der Waals surface area contributed by atoms with Gasteiger partial charge in [0, 0.05) is 29.1 Å². The number of halogens is 1. The van der Waals surface area contributed by atoms with Crippen molar-refractivity contribution >= 4 is 33.8 Å². The number of nitrogens with zero attached hydrogens (tertiary/aromatic N) is 2. The molecule has 3 atom stereocenters. The monoisotopic (exact) mass is 553 g/mol. The Bertz CT molecular complexity index is 1300. The van der Waals surface area contributed by atoms with Crippen LogP contribution in [0, 0.1) is 11.8 Å². The summed E-state index contributed by atoms with van der Waals surface area (Å²) in [5.41, 5.74) is 3.89. The van der Waals surface area contributed by atoms with Crippen LogP contribution in [0.4, 0.5) is 5.69 Å². The van der Waals surface area contributed by atoms with Gasteiger partial charge in [-0.25, -0.2) is 0 Å². The van der Waals surface area contributed by atoms with E-state index in [1.165, 1.54) is 11.1 Å². The zero-order valence-corrected chi connectivity index (χ0v) is 24.0. The van der Waals surface area contributed by atoms with Gasteiger partial charge in [0.15, 0.2) is 0 Å². The molecule has 38 heavy (non-hydrogen) atoms. The molecule has 1 amide bonds. The topological polar surface area (TPSA) is 59.0 Å². The summed E-state index contributed by atoms with van der Waals surface area (Å²) < 4.78 is 23.2. The highest BCUT2D eigenvalue weighted by Crippen LogP contribution is 2.44. The van der Waals surface area contributed by atoms with E-state index in [9.17, 15) is 9.00 Å². The summed E-state index contributed by atoms with van der Waals surface area (Å²) in [7, 11) is -1.55. The number of amides is 1. The number of aryl methyl sites for hydroxylation is 1. The van der Waals surface area contributed by atoms with Crippen LogP contribution in [0.3, 0.4) is 0 Å². The average Bonchev–Trinajstić information content (AvgIpc) is 3.04. The van der Waals surface area contributed by atoms with Crippen LogP contribution in [0.15, 0.2) is 52.9 Å². The zero-order valence-electron chi connectivity index (χ0n) is 22.5. The molecule has 2 aromatic rings. The smallest absolute Gasteiger partial charge is 0.254 e. The van der Waals surface area contributed by atoms with Crippen LogP contribution in [-0.2, 0) is 26.6 Å². The molecule has 0 aromatic heterocycles. The van der Waals surface area contributed by atoms with Gasteiger partial charge in [-0.2, -0.15) is 10.6 Å². The lowest BCUT2D eigenvalue weighted by Gasteiger charge is -2.41. The van der Waals surface area contributed by atoms with E-state index < -0.39 is 16.5 Å². The van der Waals surface area contributed by atoms with Crippen LogP contribution in [0.25, 0.3) is 0 Å². The Morgan fingerprint density at radius 2 is 2.03 bits per heavy atom. The number of hydrogen-bond acceptors (Lipinski definition) is 5. The molecule has 2 heterocycles. The summed E-state index contributed by atoms with van der Waals surface area (Å²) in [6, 6.07) is 11.9. The first kappa shape index (κ1) is 27.3. The van der Waals surface area contributed by atoms with Gasteiger partial charge in [0.05, 0.1) is 12.3 Å². The molecular weight excluding hydrogens is 516 g/mol. The van der Waals surface area contributed by atoms with Crippen LogP contribution in [-0.4, -0.2) is 31.4 Å². The molecule has 1 spiro atoms. The van der Waals surface area contributed by atoms with Crippen molar-refractivity contribution in [2.24, 2.45) is 16.2 Å². The molecule has 2 aliphatic heterocycles. The quantitative estimate of drug-likeness (QED) is 0.271. The van der Waals surface area contributed by atoms with Gasteiger partial charge in [-0.3, -0.25) is 4.79 Å². The SMILES string of the molecule is CC[C@H]1C/C=C/C[C@H](C)C[S-](=O)=NC(=O)c2ccc3c(c2)N(CC1)C[C@@]1(CCCc2cc(Cl)ccc21)CO3. The predicted molar refractivity (Wildman–Crippen MR) is 156 cm³/mol. The summed E-state index contributed by atoms with van der Waals surface area (Å²) in [4.78, 5) is 15.5. The minimum atomic E-state index is -1.55. The largest absolute Gasteiger partial charge is 0.490 e. The minimum absolute atomic E-state index is 0.147. The van der Waals surface area contributed by atoms with Crippen LogP contribution in [0.5, 0.6) is 5.75 Å². The number of benzene rings is 2. The van der Waals surface area contributed by atoms with Crippen molar-refractivity contribution < 1.29 is 13.7 Å². The third-order valence-corrected chi connectivity index (χ3v) is 9.91. The Hall–Kier alpha value is -2.31. The lowest BCUT2D eigenvalue weighted by Crippen LogP contribution is -2.46. The number of anilines is 1.